The zero-order chi connectivity index (χ0) is 18.1. The second-order valence-corrected chi connectivity index (χ2v) is 5.76. The van der Waals surface area contributed by atoms with Crippen molar-refractivity contribution in [2.75, 3.05) is 11.4 Å². The molecule has 1 aliphatic rings. The standard InChI is InChI=1S/C17H14FN3O4/c1-10-9-20(15-8-12(18)4-7-14(15)16(22)19-10)17(23)11-2-5-13(6-3-11)21(24)25/h2-8,10H,9H2,1H3,(H,19,22). The Hall–Kier alpha value is -3.29. The molecule has 2 amide bonds. The summed E-state index contributed by atoms with van der Waals surface area (Å²) in [5.41, 5.74) is 0.442. The zero-order valence-electron chi connectivity index (χ0n) is 13.2. The van der Waals surface area contributed by atoms with E-state index in [9.17, 15) is 24.1 Å². The third-order valence-corrected chi connectivity index (χ3v) is 3.90. The van der Waals surface area contributed by atoms with Crippen LogP contribution in [0, 0.1) is 15.9 Å². The molecule has 8 heteroatoms. The van der Waals surface area contributed by atoms with E-state index in [1.807, 2.05) is 0 Å². The molecule has 0 fully saturated rings. The van der Waals surface area contributed by atoms with E-state index in [1.165, 1.54) is 35.2 Å². The quantitative estimate of drug-likeness (QED) is 0.670. The number of fused-ring (bicyclic) bond motifs is 1. The fourth-order valence-electron chi connectivity index (χ4n) is 2.71. The highest BCUT2D eigenvalue weighted by Crippen LogP contribution is 2.27. The Kier molecular flexibility index (Phi) is 4.18. The monoisotopic (exact) mass is 343 g/mol. The lowest BCUT2D eigenvalue weighted by molar-refractivity contribution is -0.384. The molecular weight excluding hydrogens is 329 g/mol. The topological polar surface area (TPSA) is 92.6 Å². The number of amides is 2. The number of hydrogen-bond donors (Lipinski definition) is 1. The van der Waals surface area contributed by atoms with E-state index in [0.29, 0.717) is 0 Å². The molecule has 1 heterocycles. The van der Waals surface area contributed by atoms with Gasteiger partial charge in [-0.05, 0) is 37.3 Å². The minimum atomic E-state index is -0.567. The van der Waals surface area contributed by atoms with Crippen molar-refractivity contribution in [2.45, 2.75) is 13.0 Å². The maximum absolute atomic E-state index is 13.7. The average Bonchev–Trinajstić information content (AvgIpc) is 2.70. The molecule has 1 aliphatic heterocycles. The summed E-state index contributed by atoms with van der Waals surface area (Å²) in [7, 11) is 0. The highest BCUT2D eigenvalue weighted by Gasteiger charge is 2.29. The number of benzene rings is 2. The number of nitrogens with one attached hydrogen (secondary N) is 1. The Morgan fingerprint density at radius 1 is 1.28 bits per heavy atom. The summed E-state index contributed by atoms with van der Waals surface area (Å²) in [5, 5.41) is 13.5. The molecular formula is C17H14FN3O4. The van der Waals surface area contributed by atoms with Gasteiger partial charge >= 0.3 is 0 Å². The Morgan fingerprint density at radius 3 is 2.60 bits per heavy atom. The van der Waals surface area contributed by atoms with Gasteiger partial charge < -0.3 is 10.2 Å². The first-order valence-corrected chi connectivity index (χ1v) is 7.53. The molecule has 0 aliphatic carbocycles. The van der Waals surface area contributed by atoms with Crippen molar-refractivity contribution in [1.82, 2.24) is 5.32 Å². The number of nitro benzene ring substituents is 1. The maximum atomic E-state index is 13.7. The molecule has 2 aromatic rings. The van der Waals surface area contributed by atoms with Crippen molar-refractivity contribution in [3.05, 3.63) is 69.5 Å². The average molecular weight is 343 g/mol. The molecule has 25 heavy (non-hydrogen) atoms. The number of hydrogen-bond acceptors (Lipinski definition) is 4. The predicted octanol–water partition coefficient (Wildman–Crippen LogP) is 2.51. The molecule has 7 nitrogen and oxygen atoms in total. The van der Waals surface area contributed by atoms with Crippen molar-refractivity contribution in [3.8, 4) is 0 Å². The number of carbonyl (C=O) groups is 2. The van der Waals surface area contributed by atoms with Crippen LogP contribution in [0.2, 0.25) is 0 Å². The number of nitrogens with zero attached hydrogens (tertiary/aromatic N) is 2. The summed E-state index contributed by atoms with van der Waals surface area (Å²) >= 11 is 0. The number of non-ortho nitro benzene ring substituents is 1. The first-order valence-electron chi connectivity index (χ1n) is 7.53. The van der Waals surface area contributed by atoms with Crippen molar-refractivity contribution in [2.24, 2.45) is 0 Å². The second kappa shape index (κ2) is 6.31. The molecule has 0 saturated heterocycles. The minimum absolute atomic E-state index is 0.135. The van der Waals surface area contributed by atoms with Crippen LogP contribution in [0.15, 0.2) is 42.5 Å². The van der Waals surface area contributed by atoms with E-state index in [4.69, 9.17) is 0 Å². The van der Waals surface area contributed by atoms with E-state index in [-0.39, 0.29) is 41.0 Å². The fourth-order valence-corrected chi connectivity index (χ4v) is 2.71. The van der Waals surface area contributed by atoms with E-state index in [1.54, 1.807) is 6.92 Å². The highest BCUT2D eigenvalue weighted by molar-refractivity contribution is 6.11. The van der Waals surface area contributed by atoms with Crippen molar-refractivity contribution in [3.63, 3.8) is 0 Å². The second-order valence-electron chi connectivity index (χ2n) is 5.76. The van der Waals surface area contributed by atoms with E-state index >= 15 is 0 Å². The van der Waals surface area contributed by atoms with Gasteiger partial charge in [-0.15, -0.1) is 0 Å². The van der Waals surface area contributed by atoms with Crippen LogP contribution in [-0.2, 0) is 0 Å². The molecule has 0 saturated carbocycles. The normalized spacial score (nSPS) is 16.6. The number of carbonyl (C=O) groups excluding carboxylic acids is 2. The van der Waals surface area contributed by atoms with Crippen molar-refractivity contribution >= 4 is 23.2 Å². The third kappa shape index (κ3) is 3.18. The molecule has 0 bridgehead atoms. The van der Waals surface area contributed by atoms with Crippen LogP contribution in [0.25, 0.3) is 0 Å². The van der Waals surface area contributed by atoms with Gasteiger partial charge in [-0.3, -0.25) is 19.7 Å². The lowest BCUT2D eigenvalue weighted by atomic mass is 10.1. The van der Waals surface area contributed by atoms with Gasteiger partial charge in [0.05, 0.1) is 16.2 Å². The van der Waals surface area contributed by atoms with Crippen LogP contribution in [0.4, 0.5) is 15.8 Å². The Labute approximate surface area is 142 Å². The number of rotatable bonds is 2. The summed E-state index contributed by atoms with van der Waals surface area (Å²) in [6.07, 6.45) is 0. The van der Waals surface area contributed by atoms with Crippen LogP contribution in [0.3, 0.4) is 0 Å². The fraction of sp³-hybridized carbons (Fsp3) is 0.176. The molecule has 0 radical (unpaired) electrons. The van der Waals surface area contributed by atoms with Gasteiger partial charge in [-0.25, -0.2) is 4.39 Å². The van der Waals surface area contributed by atoms with E-state index in [2.05, 4.69) is 5.32 Å². The highest BCUT2D eigenvalue weighted by atomic mass is 19.1. The molecule has 1 N–H and O–H groups in total. The number of halogens is 1. The van der Waals surface area contributed by atoms with Gasteiger partial charge in [0.2, 0.25) is 0 Å². The summed E-state index contributed by atoms with van der Waals surface area (Å²) in [6, 6.07) is 8.40. The molecule has 128 valence electrons. The minimum Gasteiger partial charge on any atom is -0.348 e. The van der Waals surface area contributed by atoms with Gasteiger partial charge in [0.1, 0.15) is 5.82 Å². The van der Waals surface area contributed by atoms with Crippen LogP contribution < -0.4 is 10.2 Å². The van der Waals surface area contributed by atoms with Gasteiger partial charge in [0, 0.05) is 30.3 Å². The largest absolute Gasteiger partial charge is 0.348 e. The van der Waals surface area contributed by atoms with Gasteiger partial charge in [0.25, 0.3) is 17.5 Å². The lowest BCUT2D eigenvalue weighted by Gasteiger charge is -2.24. The Morgan fingerprint density at radius 2 is 1.96 bits per heavy atom. The smallest absolute Gasteiger partial charge is 0.269 e. The molecule has 3 rings (SSSR count). The molecule has 1 unspecified atom stereocenters. The zero-order valence-corrected chi connectivity index (χ0v) is 13.2. The molecule has 0 aromatic heterocycles. The number of nitro groups is 1. The van der Waals surface area contributed by atoms with Gasteiger partial charge in [-0.1, -0.05) is 0 Å². The van der Waals surface area contributed by atoms with E-state index < -0.39 is 16.6 Å². The Balaban J connectivity index is 2.03. The molecule has 1 atom stereocenters. The lowest BCUT2D eigenvalue weighted by Crippen LogP contribution is -2.41. The first-order chi connectivity index (χ1) is 11.9. The van der Waals surface area contributed by atoms with Crippen LogP contribution in [-0.4, -0.2) is 29.3 Å². The van der Waals surface area contributed by atoms with Gasteiger partial charge in [-0.2, -0.15) is 0 Å². The van der Waals surface area contributed by atoms with Crippen LogP contribution in [0.1, 0.15) is 27.6 Å². The molecule has 0 spiro atoms. The van der Waals surface area contributed by atoms with Crippen LogP contribution in [0.5, 0.6) is 0 Å². The first kappa shape index (κ1) is 16.6. The van der Waals surface area contributed by atoms with Gasteiger partial charge in [0.15, 0.2) is 0 Å². The van der Waals surface area contributed by atoms with E-state index in [0.717, 1.165) is 12.1 Å². The van der Waals surface area contributed by atoms with Crippen LogP contribution >= 0.6 is 0 Å². The summed E-state index contributed by atoms with van der Waals surface area (Å²) in [6.45, 7) is 1.88. The maximum Gasteiger partial charge on any atom is 0.269 e. The SMILES string of the molecule is CC1CN(C(=O)c2ccc([N+](=O)[O-])cc2)c2cc(F)ccc2C(=O)N1. The number of anilines is 1. The third-order valence-electron chi connectivity index (χ3n) is 3.90. The summed E-state index contributed by atoms with van der Waals surface area (Å²) < 4.78 is 13.7. The van der Waals surface area contributed by atoms with Crippen molar-refractivity contribution in [1.29, 1.82) is 0 Å². The summed E-state index contributed by atoms with van der Waals surface area (Å²) in [4.78, 5) is 36.5. The summed E-state index contributed by atoms with van der Waals surface area (Å²) in [5.74, 6) is -1.42. The predicted molar refractivity (Wildman–Crippen MR) is 88.1 cm³/mol. The molecule has 2 aromatic carbocycles. The Bertz CT molecular complexity index is 867. The van der Waals surface area contributed by atoms with Crippen molar-refractivity contribution < 1.29 is 18.9 Å².